The number of carbonyl (C=O) groups is 1. The minimum Gasteiger partial charge on any atom is -0.465 e. The van der Waals surface area contributed by atoms with Crippen molar-refractivity contribution in [2.45, 2.75) is 31.6 Å². The van der Waals surface area contributed by atoms with E-state index >= 15 is 0 Å². The van der Waals surface area contributed by atoms with Gasteiger partial charge in [0.15, 0.2) is 0 Å². The average Bonchev–Trinajstić information content (AvgIpc) is 3.12. The molecule has 2 saturated heterocycles. The van der Waals surface area contributed by atoms with Crippen molar-refractivity contribution < 1.29 is 19.0 Å². The van der Waals surface area contributed by atoms with Gasteiger partial charge in [0.1, 0.15) is 12.8 Å². The van der Waals surface area contributed by atoms with Crippen molar-refractivity contribution in [1.29, 1.82) is 0 Å². The van der Waals surface area contributed by atoms with Gasteiger partial charge in [-0.15, -0.1) is 0 Å². The Labute approximate surface area is 163 Å². The molecule has 1 aromatic heterocycles. The number of hydrogen-bond acceptors (Lipinski definition) is 7. The van der Waals surface area contributed by atoms with E-state index in [2.05, 4.69) is 20.6 Å². The molecular weight excluding hydrogens is 367 g/mol. The smallest absolute Gasteiger partial charge is 0.407 e. The van der Waals surface area contributed by atoms with Crippen LogP contribution < -0.4 is 15.4 Å². The van der Waals surface area contributed by atoms with Gasteiger partial charge in [0.25, 0.3) is 0 Å². The maximum absolute atomic E-state index is 13.3. The molecule has 0 radical (unpaired) electrons. The highest BCUT2D eigenvalue weighted by molar-refractivity contribution is 5.66. The lowest BCUT2D eigenvalue weighted by Gasteiger charge is -2.35. The summed E-state index contributed by atoms with van der Waals surface area (Å²) >= 11 is 0. The Balaban J connectivity index is 1.53. The van der Waals surface area contributed by atoms with E-state index in [-0.39, 0.29) is 12.1 Å². The molecule has 1 amide bonds. The van der Waals surface area contributed by atoms with Crippen LogP contribution in [-0.4, -0.2) is 89.6 Å². The number of amides is 1. The number of fused-ring (bicyclic) bond motifs is 1. The zero-order valence-electron chi connectivity index (χ0n) is 15.9. The lowest BCUT2D eigenvalue weighted by Crippen LogP contribution is -2.49. The monoisotopic (exact) mass is 394 g/mol. The summed E-state index contributed by atoms with van der Waals surface area (Å²) < 4.78 is 19.1. The van der Waals surface area contributed by atoms with Crippen LogP contribution in [-0.2, 0) is 13.0 Å². The number of ether oxygens (including phenoxy) is 1. The summed E-state index contributed by atoms with van der Waals surface area (Å²) in [5.74, 6) is 0. The molecule has 0 spiro atoms. The topological polar surface area (TPSA) is 103 Å². The number of alkyl halides is 1. The Morgan fingerprint density at radius 3 is 2.96 bits per heavy atom. The van der Waals surface area contributed by atoms with Crippen LogP contribution in [0, 0.1) is 0 Å². The molecule has 0 aliphatic carbocycles. The van der Waals surface area contributed by atoms with Crippen LogP contribution in [0.15, 0.2) is 0 Å². The lowest BCUT2D eigenvalue weighted by molar-refractivity contribution is 0.110. The zero-order chi connectivity index (χ0) is 19.5. The van der Waals surface area contributed by atoms with Crippen molar-refractivity contribution in [1.82, 2.24) is 30.4 Å². The number of hydrogen-bond donors (Lipinski definition) is 3. The first-order valence-corrected chi connectivity index (χ1v) is 9.91. The molecule has 154 valence electrons. The lowest BCUT2D eigenvalue weighted by atomic mass is 9.98. The van der Waals surface area contributed by atoms with E-state index in [1.54, 1.807) is 0 Å². The molecule has 0 aromatic carbocycles. The second-order valence-corrected chi connectivity index (χ2v) is 7.47. The molecule has 3 aliphatic heterocycles. The summed E-state index contributed by atoms with van der Waals surface area (Å²) in [5, 5.41) is 16.2. The molecule has 9 nitrogen and oxygen atoms in total. The number of piperazine rings is 1. The van der Waals surface area contributed by atoms with Gasteiger partial charge in [-0.05, 0) is 19.4 Å². The Hall–Kier alpha value is -2.04. The van der Waals surface area contributed by atoms with Gasteiger partial charge in [0, 0.05) is 51.4 Å². The summed E-state index contributed by atoms with van der Waals surface area (Å²) in [7, 11) is 0. The van der Waals surface area contributed by atoms with E-state index in [0.717, 1.165) is 36.5 Å². The molecular formula is C18H27FN6O3. The van der Waals surface area contributed by atoms with Crippen molar-refractivity contribution in [3.8, 4) is 6.01 Å². The average molecular weight is 394 g/mol. The zero-order valence-corrected chi connectivity index (χ0v) is 15.9. The first-order valence-electron chi connectivity index (χ1n) is 9.91. The van der Waals surface area contributed by atoms with Gasteiger partial charge in [-0.1, -0.05) is 0 Å². The van der Waals surface area contributed by atoms with Gasteiger partial charge in [-0.3, -0.25) is 9.80 Å². The summed E-state index contributed by atoms with van der Waals surface area (Å²) in [6.07, 6.45) is -0.352. The maximum atomic E-state index is 13.3. The molecule has 28 heavy (non-hydrogen) atoms. The predicted octanol–water partition coefficient (Wildman–Crippen LogP) is 0.169. The Kier molecular flexibility index (Phi) is 5.88. The molecule has 10 heteroatoms. The van der Waals surface area contributed by atoms with E-state index in [4.69, 9.17) is 4.74 Å². The number of carboxylic acid groups (broad SMARTS) is 1. The van der Waals surface area contributed by atoms with Crippen molar-refractivity contribution in [2.75, 3.05) is 52.4 Å². The minimum absolute atomic E-state index is 0.268. The second-order valence-electron chi connectivity index (χ2n) is 7.47. The van der Waals surface area contributed by atoms with Gasteiger partial charge in [0.05, 0.1) is 17.4 Å². The highest BCUT2D eigenvalue weighted by Gasteiger charge is 2.33. The number of likely N-dealkylation sites (tertiary alicyclic amines) is 1. The number of halogens is 1. The van der Waals surface area contributed by atoms with Gasteiger partial charge < -0.3 is 20.5 Å². The summed E-state index contributed by atoms with van der Waals surface area (Å²) in [6.45, 7) is 5.20. The highest BCUT2D eigenvalue weighted by Crippen LogP contribution is 2.29. The van der Waals surface area contributed by atoms with Crippen molar-refractivity contribution in [3.63, 3.8) is 0 Å². The first-order chi connectivity index (χ1) is 13.6. The summed E-state index contributed by atoms with van der Waals surface area (Å²) in [5.41, 5.74) is 2.62. The third-order valence-electron chi connectivity index (χ3n) is 5.61. The van der Waals surface area contributed by atoms with Gasteiger partial charge >= 0.3 is 12.1 Å². The third kappa shape index (κ3) is 4.18. The van der Waals surface area contributed by atoms with Crippen LogP contribution in [0.1, 0.15) is 29.4 Å². The van der Waals surface area contributed by atoms with Crippen LogP contribution >= 0.6 is 0 Å². The Morgan fingerprint density at radius 1 is 1.29 bits per heavy atom. The molecule has 4 rings (SSSR count). The molecule has 0 bridgehead atoms. The number of nitrogens with zero attached hydrogens (tertiary/aromatic N) is 4. The Morgan fingerprint density at radius 2 is 2.18 bits per heavy atom. The van der Waals surface area contributed by atoms with Crippen LogP contribution in [0.5, 0.6) is 6.01 Å². The van der Waals surface area contributed by atoms with Crippen molar-refractivity contribution >= 4 is 6.09 Å². The molecule has 4 heterocycles. The molecule has 3 N–H and O–H groups in total. The summed E-state index contributed by atoms with van der Waals surface area (Å²) in [6, 6.07) is -0.0846. The normalized spacial score (nSPS) is 25.5. The quantitative estimate of drug-likeness (QED) is 0.650. The fourth-order valence-electron chi connectivity index (χ4n) is 4.14. The number of nitrogens with one attached hydrogen (secondary N) is 2. The van der Waals surface area contributed by atoms with Crippen molar-refractivity contribution in [3.05, 3.63) is 17.0 Å². The van der Waals surface area contributed by atoms with Crippen LogP contribution in [0.2, 0.25) is 0 Å². The molecule has 0 saturated carbocycles. The second kappa shape index (κ2) is 8.54. The highest BCUT2D eigenvalue weighted by atomic mass is 19.1. The van der Waals surface area contributed by atoms with Gasteiger partial charge in [-0.25, -0.2) is 9.18 Å². The molecule has 1 aromatic rings. The Bertz CT molecular complexity index is 721. The molecule has 2 fully saturated rings. The van der Waals surface area contributed by atoms with Crippen molar-refractivity contribution in [2.24, 2.45) is 0 Å². The standard InChI is InChI=1S/C18H27FN6O3/c19-12-2-5-24(11-12)7-8-28-17-22-14-9-20-3-1-13(14)16(23-17)15-10-21-4-6-25(15)18(26)27/h12,15,20-21H,1-11H2,(H,26,27). The molecule has 2 unspecified atom stereocenters. The van der Waals surface area contributed by atoms with Gasteiger partial charge in [-0.2, -0.15) is 9.97 Å². The van der Waals surface area contributed by atoms with E-state index in [9.17, 15) is 14.3 Å². The van der Waals surface area contributed by atoms with Crippen LogP contribution in [0.4, 0.5) is 9.18 Å². The SMILES string of the molecule is O=C(O)N1CCNCC1c1nc(OCCN2CCC(F)C2)nc2c1CCNC2. The molecule has 2 atom stereocenters. The number of rotatable bonds is 5. The summed E-state index contributed by atoms with van der Waals surface area (Å²) in [4.78, 5) is 24.3. The fraction of sp³-hybridized carbons (Fsp3) is 0.722. The van der Waals surface area contributed by atoms with Crippen LogP contribution in [0.25, 0.3) is 0 Å². The van der Waals surface area contributed by atoms with E-state index in [1.165, 1.54) is 4.90 Å². The van der Waals surface area contributed by atoms with E-state index in [0.29, 0.717) is 52.3 Å². The van der Waals surface area contributed by atoms with Gasteiger partial charge in [0.2, 0.25) is 0 Å². The van der Waals surface area contributed by atoms with E-state index in [1.807, 2.05) is 4.90 Å². The number of aromatic nitrogens is 2. The third-order valence-corrected chi connectivity index (χ3v) is 5.61. The predicted molar refractivity (Wildman–Crippen MR) is 99.2 cm³/mol. The largest absolute Gasteiger partial charge is 0.465 e. The van der Waals surface area contributed by atoms with Crippen LogP contribution in [0.3, 0.4) is 0 Å². The molecule has 3 aliphatic rings. The first kappa shape index (κ1) is 19.3. The van der Waals surface area contributed by atoms with E-state index < -0.39 is 12.3 Å². The minimum atomic E-state index is -0.940. The fourth-order valence-corrected chi connectivity index (χ4v) is 4.14. The maximum Gasteiger partial charge on any atom is 0.407 e.